The normalized spacial score (nSPS) is 12.4. The average molecular weight is 429 g/mol. The number of carbonyl (C=O) groups is 1. The van der Waals surface area contributed by atoms with E-state index in [0.29, 0.717) is 17.9 Å². The number of likely N-dealkylation sites (N-methyl/N-ethyl adjacent to an activating group) is 1. The van der Waals surface area contributed by atoms with Gasteiger partial charge in [-0.25, -0.2) is 8.42 Å². The van der Waals surface area contributed by atoms with E-state index >= 15 is 0 Å². The maximum absolute atomic E-state index is 13.1. The summed E-state index contributed by atoms with van der Waals surface area (Å²) in [6.45, 7) is 1.85. The van der Waals surface area contributed by atoms with Gasteiger partial charge in [-0.05, 0) is 18.6 Å². The number of aromatic nitrogens is 2. The first-order valence-corrected chi connectivity index (χ1v) is 11.3. The molecular formula is C21H24N4O4S. The zero-order chi connectivity index (χ0) is 21.7. The van der Waals surface area contributed by atoms with Gasteiger partial charge in [0.15, 0.2) is 0 Å². The minimum absolute atomic E-state index is 0.0710. The van der Waals surface area contributed by atoms with E-state index < -0.39 is 16.1 Å². The van der Waals surface area contributed by atoms with Gasteiger partial charge in [-0.15, -0.1) is 0 Å². The van der Waals surface area contributed by atoms with E-state index in [1.807, 2.05) is 30.3 Å². The van der Waals surface area contributed by atoms with E-state index in [1.54, 1.807) is 44.3 Å². The number of sulfonamides is 1. The highest BCUT2D eigenvalue weighted by atomic mass is 32.2. The van der Waals surface area contributed by atoms with Crippen molar-refractivity contribution in [2.75, 3.05) is 17.6 Å². The minimum atomic E-state index is -3.68. The van der Waals surface area contributed by atoms with Gasteiger partial charge < -0.3 is 9.42 Å². The smallest absolute Gasteiger partial charge is 0.246 e. The molecule has 3 rings (SSSR count). The first kappa shape index (κ1) is 21.5. The average Bonchev–Trinajstić information content (AvgIpc) is 3.20. The molecule has 30 heavy (non-hydrogen) atoms. The van der Waals surface area contributed by atoms with Crippen molar-refractivity contribution >= 4 is 21.6 Å². The molecule has 0 radical (unpaired) electrons. The lowest BCUT2D eigenvalue weighted by Gasteiger charge is -2.32. The molecule has 8 nitrogen and oxygen atoms in total. The number of nitrogens with zero attached hydrogens (tertiary/aromatic N) is 4. The van der Waals surface area contributed by atoms with Crippen LogP contribution >= 0.6 is 0 Å². The molecule has 1 atom stereocenters. The van der Waals surface area contributed by atoms with Gasteiger partial charge in [0, 0.05) is 12.6 Å². The molecule has 9 heteroatoms. The summed E-state index contributed by atoms with van der Waals surface area (Å²) in [6, 6.07) is 17.1. The number of carbonyl (C=O) groups excluding carboxylic acids is 1. The summed E-state index contributed by atoms with van der Waals surface area (Å²) in [7, 11) is -2.09. The number of rotatable bonds is 8. The van der Waals surface area contributed by atoms with E-state index in [1.165, 1.54) is 4.90 Å². The molecule has 2 aromatic carbocycles. The predicted octanol–water partition coefficient (Wildman–Crippen LogP) is 2.94. The second-order valence-corrected chi connectivity index (χ2v) is 8.75. The van der Waals surface area contributed by atoms with Gasteiger partial charge in [0.05, 0.1) is 18.5 Å². The molecule has 1 heterocycles. The SMILES string of the molecule is CC[C@@H](C(=O)N(C)Cc1nc(-c2ccccc2)no1)N(c1ccccc1)S(C)(=O)=O. The van der Waals surface area contributed by atoms with Gasteiger partial charge in [0.2, 0.25) is 27.6 Å². The largest absolute Gasteiger partial charge is 0.337 e. The van der Waals surface area contributed by atoms with E-state index in [2.05, 4.69) is 10.1 Å². The van der Waals surface area contributed by atoms with Crippen molar-refractivity contribution in [1.29, 1.82) is 0 Å². The number of para-hydroxylation sites is 1. The molecule has 3 aromatic rings. The Labute approximate surface area is 176 Å². The summed E-state index contributed by atoms with van der Waals surface area (Å²) in [5.74, 6) is 0.344. The van der Waals surface area contributed by atoms with Gasteiger partial charge in [-0.3, -0.25) is 9.10 Å². The lowest BCUT2D eigenvalue weighted by Crippen LogP contribution is -2.49. The third-order valence-corrected chi connectivity index (χ3v) is 5.75. The van der Waals surface area contributed by atoms with Crippen LogP contribution in [0.5, 0.6) is 0 Å². The van der Waals surface area contributed by atoms with E-state index in [0.717, 1.165) is 16.1 Å². The molecule has 0 fully saturated rings. The number of amides is 1. The fourth-order valence-corrected chi connectivity index (χ4v) is 4.38. The lowest BCUT2D eigenvalue weighted by atomic mass is 10.1. The van der Waals surface area contributed by atoms with Crippen LogP contribution in [-0.2, 0) is 21.4 Å². The Bertz CT molecular complexity index is 1080. The number of anilines is 1. The molecule has 0 bridgehead atoms. The molecule has 1 aromatic heterocycles. The summed E-state index contributed by atoms with van der Waals surface area (Å²) < 4.78 is 31.4. The molecular weight excluding hydrogens is 404 g/mol. The van der Waals surface area contributed by atoms with Crippen molar-refractivity contribution in [3.8, 4) is 11.4 Å². The Kier molecular flexibility index (Phi) is 6.51. The maximum atomic E-state index is 13.1. The molecule has 0 aliphatic rings. The van der Waals surface area contributed by atoms with Gasteiger partial charge in [-0.2, -0.15) is 4.98 Å². The second kappa shape index (κ2) is 9.08. The van der Waals surface area contributed by atoms with Crippen LogP contribution in [0, 0.1) is 0 Å². The molecule has 0 spiro atoms. The van der Waals surface area contributed by atoms with Crippen LogP contribution in [0.15, 0.2) is 65.2 Å². The van der Waals surface area contributed by atoms with Gasteiger partial charge in [0.1, 0.15) is 6.04 Å². The van der Waals surface area contributed by atoms with Gasteiger partial charge >= 0.3 is 0 Å². The van der Waals surface area contributed by atoms with Crippen molar-refractivity contribution in [3.05, 3.63) is 66.6 Å². The monoisotopic (exact) mass is 428 g/mol. The fourth-order valence-electron chi connectivity index (χ4n) is 3.18. The molecule has 0 unspecified atom stereocenters. The Morgan fingerprint density at radius 1 is 1.07 bits per heavy atom. The molecule has 0 saturated heterocycles. The highest BCUT2D eigenvalue weighted by Crippen LogP contribution is 2.23. The van der Waals surface area contributed by atoms with Crippen molar-refractivity contribution in [3.63, 3.8) is 0 Å². The van der Waals surface area contributed by atoms with Crippen molar-refractivity contribution in [2.24, 2.45) is 0 Å². The molecule has 158 valence electrons. The quantitative estimate of drug-likeness (QED) is 0.547. The Morgan fingerprint density at radius 2 is 1.67 bits per heavy atom. The molecule has 0 N–H and O–H groups in total. The number of hydrogen-bond donors (Lipinski definition) is 0. The fraction of sp³-hybridized carbons (Fsp3) is 0.286. The summed E-state index contributed by atoms with van der Waals surface area (Å²) in [5.41, 5.74) is 1.25. The predicted molar refractivity (Wildman–Crippen MR) is 114 cm³/mol. The van der Waals surface area contributed by atoms with Gasteiger partial charge in [0.25, 0.3) is 0 Å². The maximum Gasteiger partial charge on any atom is 0.246 e. The zero-order valence-corrected chi connectivity index (χ0v) is 17.9. The summed E-state index contributed by atoms with van der Waals surface area (Å²) in [6.07, 6.45) is 1.41. The van der Waals surface area contributed by atoms with Crippen LogP contribution < -0.4 is 4.31 Å². The third-order valence-electron chi connectivity index (χ3n) is 4.57. The van der Waals surface area contributed by atoms with Crippen molar-refractivity contribution in [2.45, 2.75) is 25.9 Å². The zero-order valence-electron chi connectivity index (χ0n) is 17.1. The van der Waals surface area contributed by atoms with Crippen LogP contribution in [0.2, 0.25) is 0 Å². The van der Waals surface area contributed by atoms with E-state index in [9.17, 15) is 13.2 Å². The van der Waals surface area contributed by atoms with Crippen LogP contribution in [0.1, 0.15) is 19.2 Å². The highest BCUT2D eigenvalue weighted by Gasteiger charge is 2.33. The second-order valence-electron chi connectivity index (χ2n) is 6.89. The van der Waals surface area contributed by atoms with E-state index in [4.69, 9.17) is 4.52 Å². The standard InChI is InChI=1S/C21H24N4O4S/c1-4-18(25(30(3,27)28)17-13-9-6-10-14-17)21(26)24(2)15-19-22-20(23-29-19)16-11-7-5-8-12-16/h5-14,18H,4,15H2,1-3H3/t18-/m0/s1. The summed E-state index contributed by atoms with van der Waals surface area (Å²) in [5, 5.41) is 3.96. The minimum Gasteiger partial charge on any atom is -0.337 e. The van der Waals surface area contributed by atoms with Gasteiger partial charge in [-0.1, -0.05) is 60.6 Å². The summed E-state index contributed by atoms with van der Waals surface area (Å²) in [4.78, 5) is 18.9. The third kappa shape index (κ3) is 4.85. The Hall–Kier alpha value is -3.20. The number of benzene rings is 2. The van der Waals surface area contributed by atoms with Crippen LogP contribution in [0.25, 0.3) is 11.4 Å². The summed E-state index contributed by atoms with van der Waals surface area (Å²) >= 11 is 0. The first-order chi connectivity index (χ1) is 14.3. The van der Waals surface area contributed by atoms with Crippen LogP contribution in [-0.4, -0.2) is 48.7 Å². The lowest BCUT2D eigenvalue weighted by molar-refractivity contribution is -0.132. The molecule has 0 saturated carbocycles. The van der Waals surface area contributed by atoms with Crippen molar-refractivity contribution in [1.82, 2.24) is 15.0 Å². The molecule has 0 aliphatic heterocycles. The van der Waals surface area contributed by atoms with E-state index in [-0.39, 0.29) is 18.3 Å². The Morgan fingerprint density at radius 3 is 2.23 bits per heavy atom. The molecule has 1 amide bonds. The van der Waals surface area contributed by atoms with Crippen LogP contribution in [0.4, 0.5) is 5.69 Å². The van der Waals surface area contributed by atoms with Crippen LogP contribution in [0.3, 0.4) is 0 Å². The number of hydrogen-bond acceptors (Lipinski definition) is 6. The first-order valence-electron chi connectivity index (χ1n) is 9.48. The van der Waals surface area contributed by atoms with Crippen molar-refractivity contribution < 1.29 is 17.7 Å². The topological polar surface area (TPSA) is 96.6 Å². The molecule has 0 aliphatic carbocycles. The highest BCUT2D eigenvalue weighted by molar-refractivity contribution is 7.92. The Balaban J connectivity index is 1.80.